The lowest BCUT2D eigenvalue weighted by atomic mass is 10.1. The quantitative estimate of drug-likeness (QED) is 0.453. The van der Waals surface area contributed by atoms with Gasteiger partial charge in [0.1, 0.15) is 0 Å². The van der Waals surface area contributed by atoms with E-state index in [2.05, 4.69) is 12.2 Å². The van der Waals surface area contributed by atoms with Gasteiger partial charge in [0.2, 0.25) is 0 Å². The molecule has 4 nitrogen and oxygen atoms in total. The first-order valence-electron chi connectivity index (χ1n) is 6.00. The summed E-state index contributed by atoms with van der Waals surface area (Å²) >= 11 is 0. The second-order valence-corrected chi connectivity index (χ2v) is 3.77. The van der Waals surface area contributed by atoms with E-state index >= 15 is 0 Å². The average molecular weight is 236 g/mol. The number of rotatable bonds is 6. The molecular weight excluding hydrogens is 216 g/mol. The fourth-order valence-electron chi connectivity index (χ4n) is 1.54. The lowest BCUT2D eigenvalue weighted by molar-refractivity contribution is 0.0527. The molecule has 3 N–H and O–H groups in total. The number of nitrogen functional groups attached to an aromatic ring is 1. The first kappa shape index (κ1) is 13.4. The van der Waals surface area contributed by atoms with Gasteiger partial charge in [0.05, 0.1) is 23.5 Å². The van der Waals surface area contributed by atoms with E-state index in [1.54, 1.807) is 25.1 Å². The number of hydrogen-bond donors (Lipinski definition) is 2. The minimum Gasteiger partial charge on any atom is -0.462 e. The third kappa shape index (κ3) is 3.66. The van der Waals surface area contributed by atoms with E-state index in [4.69, 9.17) is 10.5 Å². The van der Waals surface area contributed by atoms with Gasteiger partial charge in [-0.1, -0.05) is 19.4 Å². The first-order valence-corrected chi connectivity index (χ1v) is 6.00. The third-order valence-electron chi connectivity index (χ3n) is 2.42. The highest BCUT2D eigenvalue weighted by molar-refractivity contribution is 5.98. The number of benzene rings is 1. The van der Waals surface area contributed by atoms with Crippen LogP contribution in [0.2, 0.25) is 0 Å². The van der Waals surface area contributed by atoms with E-state index in [1.165, 1.54) is 0 Å². The number of anilines is 2. The minimum absolute atomic E-state index is 0.334. The standard InChI is InChI=1S/C13H20N2O2/c1-3-5-9-15-12-10(13(16)17-4-2)7-6-8-11(12)14/h6-8,15H,3-5,9,14H2,1-2H3. The van der Waals surface area contributed by atoms with Gasteiger partial charge in [-0.2, -0.15) is 0 Å². The number of unbranched alkanes of at least 4 members (excludes halogenated alkanes) is 1. The zero-order chi connectivity index (χ0) is 12.7. The number of carbonyl (C=O) groups is 1. The molecule has 0 saturated carbocycles. The van der Waals surface area contributed by atoms with Crippen molar-refractivity contribution in [2.24, 2.45) is 0 Å². The van der Waals surface area contributed by atoms with Crippen molar-refractivity contribution in [1.82, 2.24) is 0 Å². The maximum absolute atomic E-state index is 11.7. The fourth-order valence-corrected chi connectivity index (χ4v) is 1.54. The highest BCUT2D eigenvalue weighted by atomic mass is 16.5. The summed E-state index contributed by atoms with van der Waals surface area (Å²) < 4.78 is 5.00. The molecule has 0 bridgehead atoms. The largest absolute Gasteiger partial charge is 0.462 e. The molecular formula is C13H20N2O2. The zero-order valence-electron chi connectivity index (χ0n) is 10.5. The molecule has 0 radical (unpaired) electrons. The second-order valence-electron chi connectivity index (χ2n) is 3.77. The summed E-state index contributed by atoms with van der Waals surface area (Å²) in [6.45, 7) is 5.07. The molecule has 0 aliphatic rings. The van der Waals surface area contributed by atoms with Crippen LogP contribution < -0.4 is 11.1 Å². The number of para-hydroxylation sites is 1. The summed E-state index contributed by atoms with van der Waals surface area (Å²) in [5, 5.41) is 3.20. The van der Waals surface area contributed by atoms with E-state index in [9.17, 15) is 4.79 Å². The van der Waals surface area contributed by atoms with E-state index in [0.29, 0.717) is 23.5 Å². The topological polar surface area (TPSA) is 64.3 Å². The lowest BCUT2D eigenvalue weighted by Crippen LogP contribution is -2.12. The van der Waals surface area contributed by atoms with E-state index < -0.39 is 0 Å². The summed E-state index contributed by atoms with van der Waals surface area (Å²) in [6.07, 6.45) is 2.13. The molecule has 0 aliphatic heterocycles. The van der Waals surface area contributed by atoms with Gasteiger partial charge in [-0.05, 0) is 25.5 Å². The third-order valence-corrected chi connectivity index (χ3v) is 2.42. The Morgan fingerprint density at radius 2 is 2.18 bits per heavy atom. The van der Waals surface area contributed by atoms with Crippen molar-refractivity contribution in [3.63, 3.8) is 0 Å². The molecule has 0 saturated heterocycles. The van der Waals surface area contributed by atoms with Crippen LogP contribution in [-0.2, 0) is 4.74 Å². The Bertz CT molecular complexity index is 378. The van der Waals surface area contributed by atoms with Crippen LogP contribution in [0, 0.1) is 0 Å². The van der Waals surface area contributed by atoms with Crippen molar-refractivity contribution in [1.29, 1.82) is 0 Å². The smallest absolute Gasteiger partial charge is 0.340 e. The molecule has 1 aromatic carbocycles. The molecule has 0 unspecified atom stereocenters. The van der Waals surface area contributed by atoms with Crippen LogP contribution in [0.1, 0.15) is 37.0 Å². The summed E-state index contributed by atoms with van der Waals surface area (Å²) in [6, 6.07) is 5.26. The van der Waals surface area contributed by atoms with Gasteiger partial charge in [0, 0.05) is 6.54 Å². The van der Waals surface area contributed by atoms with Crippen LogP contribution in [0.25, 0.3) is 0 Å². The Morgan fingerprint density at radius 1 is 1.41 bits per heavy atom. The summed E-state index contributed by atoms with van der Waals surface area (Å²) in [5.41, 5.74) is 7.63. The second kappa shape index (κ2) is 6.78. The fraction of sp³-hybridized carbons (Fsp3) is 0.462. The molecule has 0 aliphatic carbocycles. The summed E-state index contributed by atoms with van der Waals surface area (Å²) in [5.74, 6) is -0.334. The van der Waals surface area contributed by atoms with E-state index in [0.717, 1.165) is 19.4 Å². The van der Waals surface area contributed by atoms with Crippen molar-refractivity contribution in [3.05, 3.63) is 23.8 Å². The van der Waals surface area contributed by atoms with Crippen LogP contribution >= 0.6 is 0 Å². The van der Waals surface area contributed by atoms with Crippen LogP contribution in [0.4, 0.5) is 11.4 Å². The SMILES string of the molecule is CCCCNc1c(N)cccc1C(=O)OCC. The Kier molecular flexibility index (Phi) is 5.33. The van der Waals surface area contributed by atoms with Gasteiger partial charge >= 0.3 is 5.97 Å². The van der Waals surface area contributed by atoms with Crippen LogP contribution in [-0.4, -0.2) is 19.1 Å². The first-order chi connectivity index (χ1) is 8.20. The monoisotopic (exact) mass is 236 g/mol. The van der Waals surface area contributed by atoms with Gasteiger partial charge < -0.3 is 15.8 Å². The van der Waals surface area contributed by atoms with Gasteiger partial charge in [0.25, 0.3) is 0 Å². The molecule has 0 fully saturated rings. The molecule has 1 aromatic rings. The molecule has 0 aromatic heterocycles. The van der Waals surface area contributed by atoms with Gasteiger partial charge in [-0.15, -0.1) is 0 Å². The van der Waals surface area contributed by atoms with Crippen molar-refractivity contribution in [2.75, 3.05) is 24.2 Å². The highest BCUT2D eigenvalue weighted by Crippen LogP contribution is 2.24. The molecule has 0 spiro atoms. The molecule has 4 heteroatoms. The molecule has 17 heavy (non-hydrogen) atoms. The van der Waals surface area contributed by atoms with Crippen molar-refractivity contribution in [2.45, 2.75) is 26.7 Å². The Morgan fingerprint density at radius 3 is 2.82 bits per heavy atom. The Balaban J connectivity index is 2.87. The van der Waals surface area contributed by atoms with Gasteiger partial charge in [-0.3, -0.25) is 0 Å². The minimum atomic E-state index is -0.334. The Labute approximate surface area is 102 Å². The lowest BCUT2D eigenvalue weighted by Gasteiger charge is -2.13. The summed E-state index contributed by atoms with van der Waals surface area (Å²) in [7, 11) is 0. The summed E-state index contributed by atoms with van der Waals surface area (Å²) in [4.78, 5) is 11.7. The predicted molar refractivity (Wildman–Crippen MR) is 70.2 cm³/mol. The van der Waals surface area contributed by atoms with E-state index in [-0.39, 0.29) is 5.97 Å². The van der Waals surface area contributed by atoms with Crippen LogP contribution in [0.15, 0.2) is 18.2 Å². The zero-order valence-corrected chi connectivity index (χ0v) is 10.5. The van der Waals surface area contributed by atoms with Crippen molar-refractivity contribution in [3.8, 4) is 0 Å². The number of esters is 1. The predicted octanol–water partition coefficient (Wildman–Crippen LogP) is 2.66. The number of nitrogens with two attached hydrogens (primary N) is 1. The number of nitrogens with one attached hydrogen (secondary N) is 1. The Hall–Kier alpha value is -1.71. The normalized spacial score (nSPS) is 10.0. The van der Waals surface area contributed by atoms with Crippen LogP contribution in [0.5, 0.6) is 0 Å². The maximum Gasteiger partial charge on any atom is 0.340 e. The number of hydrogen-bond acceptors (Lipinski definition) is 4. The van der Waals surface area contributed by atoms with Gasteiger partial charge in [0.15, 0.2) is 0 Å². The molecule has 0 amide bonds. The van der Waals surface area contributed by atoms with Gasteiger partial charge in [-0.25, -0.2) is 4.79 Å². The maximum atomic E-state index is 11.7. The average Bonchev–Trinajstić information content (AvgIpc) is 2.31. The molecule has 94 valence electrons. The van der Waals surface area contributed by atoms with Crippen molar-refractivity contribution >= 4 is 17.3 Å². The molecule has 1 rings (SSSR count). The van der Waals surface area contributed by atoms with Crippen LogP contribution in [0.3, 0.4) is 0 Å². The number of ether oxygens (including phenoxy) is 1. The molecule has 0 atom stereocenters. The highest BCUT2D eigenvalue weighted by Gasteiger charge is 2.13. The van der Waals surface area contributed by atoms with E-state index in [1.807, 2.05) is 0 Å². The number of carbonyl (C=O) groups excluding carboxylic acids is 1. The van der Waals surface area contributed by atoms with Crippen molar-refractivity contribution < 1.29 is 9.53 Å². The molecule has 0 heterocycles.